The second-order valence-corrected chi connectivity index (χ2v) is 5.21. The lowest BCUT2D eigenvalue weighted by atomic mass is 10.1. The summed E-state index contributed by atoms with van der Waals surface area (Å²) in [5.41, 5.74) is 1.12. The van der Waals surface area contributed by atoms with Crippen LogP contribution >= 0.6 is 12.4 Å². The predicted molar refractivity (Wildman–Crippen MR) is 83.7 cm³/mol. The van der Waals surface area contributed by atoms with Gasteiger partial charge in [0, 0.05) is 13.6 Å². The lowest BCUT2D eigenvalue weighted by Crippen LogP contribution is -2.33. The molecule has 5 heteroatoms. The first-order valence-corrected chi connectivity index (χ1v) is 7.10. The minimum Gasteiger partial charge on any atom is -0.491 e. The summed E-state index contributed by atoms with van der Waals surface area (Å²) in [7, 11) is 1.96. The number of aryl methyl sites for hydroxylation is 1. The maximum Gasteiger partial charge on any atom is 0.130 e. The first-order chi connectivity index (χ1) is 9.34. The first-order valence-electron chi connectivity index (χ1n) is 7.10. The van der Waals surface area contributed by atoms with Gasteiger partial charge in [0.25, 0.3) is 0 Å². The molecule has 0 atom stereocenters. The van der Waals surface area contributed by atoms with Crippen molar-refractivity contribution in [3.63, 3.8) is 0 Å². The Morgan fingerprint density at radius 1 is 1.20 bits per heavy atom. The van der Waals surface area contributed by atoms with Crippen molar-refractivity contribution in [3.05, 3.63) is 24.4 Å². The SMILES string of the molecule is Cl.Cn1ncc2c(OCCN3CCCCC3)cccc21. The smallest absolute Gasteiger partial charge is 0.130 e. The van der Waals surface area contributed by atoms with E-state index in [1.165, 1.54) is 32.4 Å². The fourth-order valence-corrected chi connectivity index (χ4v) is 2.74. The normalized spacial score (nSPS) is 16.1. The van der Waals surface area contributed by atoms with Gasteiger partial charge < -0.3 is 4.74 Å². The number of halogens is 1. The molecule has 0 spiro atoms. The summed E-state index contributed by atoms with van der Waals surface area (Å²) in [6.07, 6.45) is 5.92. The summed E-state index contributed by atoms with van der Waals surface area (Å²) in [4.78, 5) is 2.49. The summed E-state index contributed by atoms with van der Waals surface area (Å²) in [5.74, 6) is 0.947. The zero-order valence-corrected chi connectivity index (χ0v) is 12.7. The van der Waals surface area contributed by atoms with Crippen LogP contribution in [0.2, 0.25) is 0 Å². The predicted octanol–water partition coefficient (Wildman–Crippen LogP) is 2.86. The van der Waals surface area contributed by atoms with Crippen LogP contribution in [-0.4, -0.2) is 40.9 Å². The molecular weight excluding hydrogens is 274 g/mol. The molecule has 1 aromatic heterocycles. The Balaban J connectivity index is 0.00000147. The Morgan fingerprint density at radius 3 is 2.80 bits per heavy atom. The largest absolute Gasteiger partial charge is 0.491 e. The van der Waals surface area contributed by atoms with Crippen LogP contribution in [0.25, 0.3) is 10.9 Å². The van der Waals surface area contributed by atoms with E-state index >= 15 is 0 Å². The van der Waals surface area contributed by atoms with Crippen LogP contribution in [0.5, 0.6) is 5.75 Å². The third-order valence-electron chi connectivity index (χ3n) is 3.87. The Kier molecular flexibility index (Phi) is 5.26. The van der Waals surface area contributed by atoms with Crippen LogP contribution in [0, 0.1) is 0 Å². The number of hydrogen-bond acceptors (Lipinski definition) is 3. The molecule has 0 saturated carbocycles. The van der Waals surface area contributed by atoms with E-state index in [1.54, 1.807) is 0 Å². The molecule has 3 rings (SSSR count). The van der Waals surface area contributed by atoms with Crippen molar-refractivity contribution in [2.45, 2.75) is 19.3 Å². The summed E-state index contributed by atoms with van der Waals surface area (Å²) < 4.78 is 7.82. The molecule has 0 N–H and O–H groups in total. The molecule has 1 aliphatic rings. The number of likely N-dealkylation sites (tertiary alicyclic amines) is 1. The summed E-state index contributed by atoms with van der Waals surface area (Å²) in [5, 5.41) is 5.38. The highest BCUT2D eigenvalue weighted by Gasteiger charge is 2.10. The minimum absolute atomic E-state index is 0. The highest BCUT2D eigenvalue weighted by Crippen LogP contribution is 2.24. The lowest BCUT2D eigenvalue weighted by Gasteiger charge is -2.26. The summed E-state index contributed by atoms with van der Waals surface area (Å²) in [6.45, 7) is 4.23. The zero-order valence-electron chi connectivity index (χ0n) is 11.9. The van der Waals surface area contributed by atoms with Crippen LogP contribution < -0.4 is 4.74 Å². The van der Waals surface area contributed by atoms with Crippen LogP contribution in [0.15, 0.2) is 24.4 Å². The molecule has 2 aromatic rings. The fourth-order valence-electron chi connectivity index (χ4n) is 2.74. The Bertz CT molecular complexity index is 549. The van der Waals surface area contributed by atoms with Crippen LogP contribution in [0.3, 0.4) is 0 Å². The van der Waals surface area contributed by atoms with E-state index in [2.05, 4.69) is 16.1 Å². The van der Waals surface area contributed by atoms with Gasteiger partial charge in [0.05, 0.1) is 17.1 Å². The third kappa shape index (κ3) is 3.25. The van der Waals surface area contributed by atoms with Crippen molar-refractivity contribution in [3.8, 4) is 5.75 Å². The van der Waals surface area contributed by atoms with Gasteiger partial charge in [-0.15, -0.1) is 12.4 Å². The molecule has 2 heterocycles. The molecule has 1 aliphatic heterocycles. The zero-order chi connectivity index (χ0) is 13.1. The number of piperidine rings is 1. The van der Waals surface area contributed by atoms with Gasteiger partial charge in [-0.05, 0) is 38.1 Å². The van der Waals surface area contributed by atoms with E-state index in [0.29, 0.717) is 0 Å². The molecule has 4 nitrogen and oxygen atoms in total. The molecular formula is C15H22ClN3O. The maximum atomic E-state index is 5.94. The molecule has 1 fully saturated rings. The average molecular weight is 296 g/mol. The Labute approximate surface area is 126 Å². The number of ether oxygens (including phenoxy) is 1. The van der Waals surface area contributed by atoms with Crippen molar-refractivity contribution in [2.24, 2.45) is 7.05 Å². The highest BCUT2D eigenvalue weighted by atomic mass is 35.5. The summed E-state index contributed by atoms with van der Waals surface area (Å²) in [6, 6.07) is 6.13. The molecule has 20 heavy (non-hydrogen) atoms. The number of aromatic nitrogens is 2. The van der Waals surface area contributed by atoms with Gasteiger partial charge in [0.1, 0.15) is 12.4 Å². The Morgan fingerprint density at radius 2 is 2.00 bits per heavy atom. The van der Waals surface area contributed by atoms with Gasteiger partial charge in [-0.2, -0.15) is 5.10 Å². The van der Waals surface area contributed by atoms with E-state index < -0.39 is 0 Å². The van der Waals surface area contributed by atoms with Crippen molar-refractivity contribution < 1.29 is 4.74 Å². The highest BCUT2D eigenvalue weighted by molar-refractivity contribution is 5.85. The van der Waals surface area contributed by atoms with Gasteiger partial charge in [-0.1, -0.05) is 12.5 Å². The summed E-state index contributed by atoms with van der Waals surface area (Å²) >= 11 is 0. The molecule has 0 aliphatic carbocycles. The minimum atomic E-state index is 0. The topological polar surface area (TPSA) is 30.3 Å². The quantitative estimate of drug-likeness (QED) is 0.869. The van der Waals surface area contributed by atoms with Gasteiger partial charge >= 0.3 is 0 Å². The second kappa shape index (κ2) is 6.95. The van der Waals surface area contributed by atoms with Crippen molar-refractivity contribution in [2.75, 3.05) is 26.2 Å². The van der Waals surface area contributed by atoms with Crippen molar-refractivity contribution in [1.82, 2.24) is 14.7 Å². The third-order valence-corrected chi connectivity index (χ3v) is 3.87. The van der Waals surface area contributed by atoms with E-state index in [-0.39, 0.29) is 12.4 Å². The van der Waals surface area contributed by atoms with Gasteiger partial charge in [-0.25, -0.2) is 0 Å². The number of nitrogens with zero attached hydrogens (tertiary/aromatic N) is 3. The van der Waals surface area contributed by atoms with E-state index in [0.717, 1.165) is 29.8 Å². The molecule has 0 radical (unpaired) electrons. The van der Waals surface area contributed by atoms with Crippen LogP contribution in [0.1, 0.15) is 19.3 Å². The standard InChI is InChI=1S/C15H21N3O.ClH/c1-17-14-6-5-7-15(13(14)12-16-17)19-11-10-18-8-3-2-4-9-18;/h5-7,12H,2-4,8-11H2,1H3;1H. The van der Waals surface area contributed by atoms with Gasteiger partial charge in [-0.3, -0.25) is 9.58 Å². The Hall–Kier alpha value is -1.26. The second-order valence-electron chi connectivity index (χ2n) is 5.21. The number of rotatable bonds is 4. The first kappa shape index (κ1) is 15.1. The monoisotopic (exact) mass is 295 g/mol. The van der Waals surface area contributed by atoms with Gasteiger partial charge in [0.15, 0.2) is 0 Å². The molecule has 0 unspecified atom stereocenters. The van der Waals surface area contributed by atoms with E-state index in [1.807, 2.05) is 30.1 Å². The molecule has 1 aromatic carbocycles. The van der Waals surface area contributed by atoms with Crippen molar-refractivity contribution >= 4 is 23.3 Å². The fraction of sp³-hybridized carbons (Fsp3) is 0.533. The number of hydrogen-bond donors (Lipinski definition) is 0. The van der Waals surface area contributed by atoms with E-state index in [4.69, 9.17) is 4.74 Å². The number of fused-ring (bicyclic) bond motifs is 1. The number of benzene rings is 1. The maximum absolute atomic E-state index is 5.94. The molecule has 1 saturated heterocycles. The van der Waals surface area contributed by atoms with Gasteiger partial charge in [0.2, 0.25) is 0 Å². The van der Waals surface area contributed by atoms with Crippen LogP contribution in [-0.2, 0) is 7.05 Å². The molecule has 0 amide bonds. The lowest BCUT2D eigenvalue weighted by molar-refractivity contribution is 0.184. The van der Waals surface area contributed by atoms with Crippen LogP contribution in [0.4, 0.5) is 0 Å². The average Bonchev–Trinajstić information content (AvgIpc) is 2.83. The van der Waals surface area contributed by atoms with Crippen molar-refractivity contribution in [1.29, 1.82) is 0 Å². The molecule has 0 bridgehead atoms. The van der Waals surface area contributed by atoms with E-state index in [9.17, 15) is 0 Å². The molecule has 110 valence electrons.